The Kier molecular flexibility index (Phi) is 4.79. The normalized spacial score (nSPS) is 26.4. The summed E-state index contributed by atoms with van der Waals surface area (Å²) in [5.74, 6) is 1.37. The highest BCUT2D eigenvalue weighted by Gasteiger charge is 2.39. The first-order chi connectivity index (χ1) is 12.2. The number of furan rings is 1. The molecular weight excluding hydrogens is 320 g/mol. The Hall–Kier alpha value is -1.82. The van der Waals surface area contributed by atoms with E-state index in [1.54, 1.807) is 6.26 Å². The molecular formula is C19H26N2O4. The maximum atomic E-state index is 13.1. The van der Waals surface area contributed by atoms with Crippen LogP contribution < -0.4 is 0 Å². The van der Waals surface area contributed by atoms with Crippen molar-refractivity contribution in [3.63, 3.8) is 0 Å². The second-order valence-electron chi connectivity index (χ2n) is 7.58. The zero-order valence-corrected chi connectivity index (χ0v) is 14.6. The molecule has 0 unspecified atom stereocenters. The van der Waals surface area contributed by atoms with Crippen LogP contribution in [0, 0.1) is 11.8 Å². The Labute approximate surface area is 148 Å². The van der Waals surface area contributed by atoms with Gasteiger partial charge < -0.3 is 19.0 Å². The van der Waals surface area contributed by atoms with Crippen LogP contribution in [0.15, 0.2) is 22.8 Å². The number of ether oxygens (including phenoxy) is 1. The van der Waals surface area contributed by atoms with Crippen molar-refractivity contribution in [2.45, 2.75) is 44.8 Å². The second kappa shape index (κ2) is 7.20. The Bertz CT molecular complexity index is 605. The van der Waals surface area contributed by atoms with E-state index in [1.165, 1.54) is 12.8 Å². The third kappa shape index (κ3) is 4.06. The maximum absolute atomic E-state index is 13.1. The molecule has 2 aliphatic heterocycles. The van der Waals surface area contributed by atoms with Crippen LogP contribution in [0.4, 0.5) is 0 Å². The lowest BCUT2D eigenvalue weighted by atomic mass is 10.1. The van der Waals surface area contributed by atoms with E-state index in [4.69, 9.17) is 9.15 Å². The summed E-state index contributed by atoms with van der Waals surface area (Å²) in [5.41, 5.74) is 0. The van der Waals surface area contributed by atoms with Gasteiger partial charge in [0.1, 0.15) is 5.76 Å². The molecule has 6 nitrogen and oxygen atoms in total. The fourth-order valence-corrected chi connectivity index (χ4v) is 3.84. The van der Waals surface area contributed by atoms with Gasteiger partial charge in [-0.05, 0) is 43.7 Å². The Balaban J connectivity index is 1.41. The lowest BCUT2D eigenvalue weighted by Crippen LogP contribution is -2.41. The summed E-state index contributed by atoms with van der Waals surface area (Å²) in [6.07, 6.45) is 6.52. The SMILES string of the molecule is O=C1C[C@H](C(=O)N(Cc2ccco2)C[C@H]2CCCO2)CN1CC1CC1. The topological polar surface area (TPSA) is 63.0 Å². The van der Waals surface area contributed by atoms with Crippen LogP contribution >= 0.6 is 0 Å². The quantitative estimate of drug-likeness (QED) is 0.758. The van der Waals surface area contributed by atoms with Gasteiger partial charge in [0.05, 0.1) is 24.8 Å². The van der Waals surface area contributed by atoms with Crippen LogP contribution in [0.5, 0.6) is 0 Å². The summed E-state index contributed by atoms with van der Waals surface area (Å²) in [6, 6.07) is 3.72. The predicted octanol–water partition coefficient (Wildman–Crippen LogP) is 2.05. The van der Waals surface area contributed by atoms with Gasteiger partial charge in [-0.15, -0.1) is 0 Å². The average Bonchev–Trinajstić information content (AvgIpc) is 2.99. The molecule has 0 spiro atoms. The fourth-order valence-electron chi connectivity index (χ4n) is 3.84. The van der Waals surface area contributed by atoms with E-state index in [0.717, 1.165) is 31.8 Å². The van der Waals surface area contributed by atoms with Crippen molar-refractivity contribution >= 4 is 11.8 Å². The largest absolute Gasteiger partial charge is 0.467 e. The van der Waals surface area contributed by atoms with Crippen LogP contribution in [-0.4, -0.2) is 54.0 Å². The van der Waals surface area contributed by atoms with Crippen molar-refractivity contribution in [3.8, 4) is 0 Å². The minimum atomic E-state index is -0.234. The minimum Gasteiger partial charge on any atom is -0.467 e. The van der Waals surface area contributed by atoms with Crippen LogP contribution in [0.25, 0.3) is 0 Å². The van der Waals surface area contributed by atoms with Gasteiger partial charge in [-0.1, -0.05) is 0 Å². The van der Waals surface area contributed by atoms with Crippen molar-refractivity contribution in [3.05, 3.63) is 24.2 Å². The molecule has 1 aliphatic carbocycles. The van der Waals surface area contributed by atoms with E-state index in [9.17, 15) is 9.59 Å². The lowest BCUT2D eigenvalue weighted by molar-refractivity contribution is -0.138. The summed E-state index contributed by atoms with van der Waals surface area (Å²) < 4.78 is 11.1. The highest BCUT2D eigenvalue weighted by atomic mass is 16.5. The number of likely N-dealkylation sites (tertiary alicyclic amines) is 1. The fraction of sp³-hybridized carbons (Fsp3) is 0.684. The second-order valence-corrected chi connectivity index (χ2v) is 7.58. The molecule has 3 heterocycles. The van der Waals surface area contributed by atoms with Gasteiger partial charge in [-0.3, -0.25) is 9.59 Å². The van der Waals surface area contributed by atoms with Crippen molar-refractivity contribution in [1.82, 2.24) is 9.80 Å². The molecule has 0 N–H and O–H groups in total. The molecule has 25 heavy (non-hydrogen) atoms. The number of amides is 2. The molecule has 2 saturated heterocycles. The van der Waals surface area contributed by atoms with Gasteiger partial charge >= 0.3 is 0 Å². The number of rotatable bonds is 7. The van der Waals surface area contributed by atoms with E-state index in [1.807, 2.05) is 21.9 Å². The highest BCUT2D eigenvalue weighted by molar-refractivity contribution is 5.89. The Morgan fingerprint density at radius 2 is 2.20 bits per heavy atom. The molecule has 136 valence electrons. The van der Waals surface area contributed by atoms with Crippen molar-refractivity contribution in [2.24, 2.45) is 11.8 Å². The van der Waals surface area contributed by atoms with Gasteiger partial charge in [0, 0.05) is 32.7 Å². The number of hydrogen-bond acceptors (Lipinski definition) is 4. The molecule has 3 aliphatic rings. The first kappa shape index (κ1) is 16.6. The number of hydrogen-bond donors (Lipinski definition) is 0. The lowest BCUT2D eigenvalue weighted by Gasteiger charge is -2.27. The molecule has 0 radical (unpaired) electrons. The number of nitrogens with zero attached hydrogens (tertiary/aromatic N) is 2. The molecule has 6 heteroatoms. The van der Waals surface area contributed by atoms with Crippen LogP contribution in [0.3, 0.4) is 0 Å². The monoisotopic (exact) mass is 346 g/mol. The molecule has 2 atom stereocenters. The summed E-state index contributed by atoms with van der Waals surface area (Å²) in [4.78, 5) is 29.1. The van der Waals surface area contributed by atoms with Crippen LogP contribution in [0.1, 0.15) is 37.9 Å². The van der Waals surface area contributed by atoms with Crippen LogP contribution in [0.2, 0.25) is 0 Å². The third-order valence-corrected chi connectivity index (χ3v) is 5.43. The molecule has 1 aromatic rings. The van der Waals surface area contributed by atoms with Crippen molar-refractivity contribution < 1.29 is 18.7 Å². The van der Waals surface area contributed by atoms with E-state index in [0.29, 0.717) is 32.0 Å². The minimum absolute atomic E-state index is 0.0542. The smallest absolute Gasteiger partial charge is 0.228 e. The first-order valence-corrected chi connectivity index (χ1v) is 9.39. The van der Waals surface area contributed by atoms with E-state index >= 15 is 0 Å². The van der Waals surface area contributed by atoms with E-state index < -0.39 is 0 Å². The highest BCUT2D eigenvalue weighted by Crippen LogP contribution is 2.32. The van der Waals surface area contributed by atoms with Crippen molar-refractivity contribution in [2.75, 3.05) is 26.2 Å². The van der Waals surface area contributed by atoms with Crippen LogP contribution in [-0.2, 0) is 20.9 Å². The summed E-state index contributed by atoms with van der Waals surface area (Å²) in [6.45, 7) is 3.18. The average molecular weight is 346 g/mol. The molecule has 4 rings (SSSR count). The van der Waals surface area contributed by atoms with Gasteiger partial charge in [0.2, 0.25) is 11.8 Å². The zero-order chi connectivity index (χ0) is 17.2. The van der Waals surface area contributed by atoms with Gasteiger partial charge in [-0.25, -0.2) is 0 Å². The van der Waals surface area contributed by atoms with E-state index in [2.05, 4.69) is 0 Å². The van der Waals surface area contributed by atoms with Gasteiger partial charge in [0.15, 0.2) is 0 Å². The summed E-state index contributed by atoms with van der Waals surface area (Å²) in [5, 5.41) is 0. The summed E-state index contributed by atoms with van der Waals surface area (Å²) >= 11 is 0. The molecule has 3 fully saturated rings. The Morgan fingerprint density at radius 1 is 1.32 bits per heavy atom. The standard InChI is InChI=1S/C19H26N2O4/c22-18-9-15(11-20(18)10-14-5-6-14)19(23)21(12-16-3-1-7-24-16)13-17-4-2-8-25-17/h1,3,7,14-15,17H,2,4-6,8-13H2/t15-,17+/m0/s1. The van der Waals surface area contributed by atoms with Gasteiger partial charge in [-0.2, -0.15) is 0 Å². The molecule has 1 saturated carbocycles. The third-order valence-electron chi connectivity index (χ3n) is 5.43. The molecule has 2 amide bonds. The maximum Gasteiger partial charge on any atom is 0.228 e. The first-order valence-electron chi connectivity index (χ1n) is 9.39. The molecule has 1 aromatic heterocycles. The van der Waals surface area contributed by atoms with Crippen molar-refractivity contribution in [1.29, 1.82) is 0 Å². The Morgan fingerprint density at radius 3 is 2.88 bits per heavy atom. The zero-order valence-electron chi connectivity index (χ0n) is 14.6. The van der Waals surface area contributed by atoms with Gasteiger partial charge in [0.25, 0.3) is 0 Å². The molecule has 0 bridgehead atoms. The number of carbonyl (C=O) groups excluding carboxylic acids is 2. The number of carbonyl (C=O) groups is 2. The summed E-state index contributed by atoms with van der Waals surface area (Å²) in [7, 11) is 0. The predicted molar refractivity (Wildman–Crippen MR) is 90.5 cm³/mol. The van der Waals surface area contributed by atoms with E-state index in [-0.39, 0.29) is 23.8 Å². The molecule has 0 aromatic carbocycles.